The largest absolute Gasteiger partial charge is 0.307 e. The molecule has 1 N–H and O–H groups in total. The third-order valence-corrected chi connectivity index (χ3v) is 3.47. The summed E-state index contributed by atoms with van der Waals surface area (Å²) < 4.78 is 4.38. The summed E-state index contributed by atoms with van der Waals surface area (Å²) in [5, 5.41) is 5.64. The standard InChI is InChI=1S/C10H12N2S/c1-2-9-6-7(5-8(1)11-9)10-3-4-13-12-10/h3-5,8-9,11H,1-2,6H2. The molecule has 1 aromatic heterocycles. The lowest BCUT2D eigenvalue weighted by atomic mass is 10.0. The molecule has 2 aliphatic heterocycles. The van der Waals surface area contributed by atoms with Crippen LogP contribution >= 0.6 is 11.5 Å². The molecule has 2 nitrogen and oxygen atoms in total. The van der Waals surface area contributed by atoms with Crippen LogP contribution in [0.4, 0.5) is 0 Å². The average molecular weight is 192 g/mol. The zero-order valence-electron chi connectivity index (χ0n) is 7.36. The lowest BCUT2D eigenvalue weighted by Gasteiger charge is -2.19. The third-order valence-electron chi connectivity index (χ3n) is 2.91. The van der Waals surface area contributed by atoms with E-state index >= 15 is 0 Å². The molecular formula is C10H12N2S. The maximum atomic E-state index is 4.38. The summed E-state index contributed by atoms with van der Waals surface area (Å²) >= 11 is 1.54. The van der Waals surface area contributed by atoms with Crippen molar-refractivity contribution in [3.05, 3.63) is 23.2 Å². The Labute approximate surface area is 81.8 Å². The normalized spacial score (nSPS) is 31.8. The van der Waals surface area contributed by atoms with Crippen molar-refractivity contribution < 1.29 is 0 Å². The van der Waals surface area contributed by atoms with Gasteiger partial charge in [0.15, 0.2) is 0 Å². The van der Waals surface area contributed by atoms with E-state index in [2.05, 4.69) is 27.2 Å². The van der Waals surface area contributed by atoms with Gasteiger partial charge >= 0.3 is 0 Å². The van der Waals surface area contributed by atoms with Gasteiger partial charge in [0.1, 0.15) is 0 Å². The number of rotatable bonds is 1. The maximum absolute atomic E-state index is 4.38. The molecule has 0 saturated carbocycles. The molecule has 0 spiro atoms. The fourth-order valence-electron chi connectivity index (χ4n) is 2.29. The van der Waals surface area contributed by atoms with Crippen LogP contribution in [0.3, 0.4) is 0 Å². The van der Waals surface area contributed by atoms with Gasteiger partial charge in [-0.05, 0) is 42.4 Å². The highest BCUT2D eigenvalue weighted by atomic mass is 32.1. The number of nitrogens with one attached hydrogen (secondary N) is 1. The molecule has 1 aromatic rings. The molecule has 1 fully saturated rings. The summed E-state index contributed by atoms with van der Waals surface area (Å²) in [4.78, 5) is 0. The molecular weight excluding hydrogens is 180 g/mol. The molecule has 2 aliphatic rings. The number of aromatic nitrogens is 1. The lowest BCUT2D eigenvalue weighted by Crippen LogP contribution is -2.31. The van der Waals surface area contributed by atoms with E-state index in [0.717, 1.165) is 0 Å². The van der Waals surface area contributed by atoms with E-state index in [1.54, 1.807) is 11.5 Å². The number of fused-ring (bicyclic) bond motifs is 2. The Hall–Kier alpha value is -0.670. The summed E-state index contributed by atoms with van der Waals surface area (Å²) in [7, 11) is 0. The van der Waals surface area contributed by atoms with Gasteiger partial charge in [0.05, 0.1) is 5.69 Å². The summed E-state index contributed by atoms with van der Waals surface area (Å²) in [6.07, 6.45) is 6.16. The number of hydrogen-bond acceptors (Lipinski definition) is 3. The van der Waals surface area contributed by atoms with E-state index in [4.69, 9.17) is 0 Å². The first-order valence-electron chi connectivity index (χ1n) is 4.79. The van der Waals surface area contributed by atoms with Crippen molar-refractivity contribution in [1.29, 1.82) is 0 Å². The van der Waals surface area contributed by atoms with E-state index in [-0.39, 0.29) is 0 Å². The summed E-state index contributed by atoms with van der Waals surface area (Å²) in [5.41, 5.74) is 2.65. The smallest absolute Gasteiger partial charge is 0.0798 e. The predicted octanol–water partition coefficient (Wildman–Crippen LogP) is 2.05. The highest BCUT2D eigenvalue weighted by Gasteiger charge is 2.28. The Bertz CT molecular complexity index is 329. The fraction of sp³-hybridized carbons (Fsp3) is 0.500. The Balaban J connectivity index is 1.93. The second kappa shape index (κ2) is 2.93. The highest BCUT2D eigenvalue weighted by Crippen LogP contribution is 2.31. The van der Waals surface area contributed by atoms with Crippen LogP contribution in [0.2, 0.25) is 0 Å². The number of hydrogen-bond donors (Lipinski definition) is 1. The minimum Gasteiger partial charge on any atom is -0.307 e. The minimum atomic E-state index is 0.621. The van der Waals surface area contributed by atoms with Gasteiger partial charge in [-0.3, -0.25) is 0 Å². The van der Waals surface area contributed by atoms with Crippen LogP contribution in [0.15, 0.2) is 17.5 Å². The van der Waals surface area contributed by atoms with Crippen LogP contribution in [-0.4, -0.2) is 16.5 Å². The summed E-state index contributed by atoms with van der Waals surface area (Å²) in [6, 6.07) is 3.46. The van der Waals surface area contributed by atoms with Crippen LogP contribution < -0.4 is 5.32 Å². The molecule has 3 heterocycles. The van der Waals surface area contributed by atoms with Crippen molar-refractivity contribution in [2.75, 3.05) is 0 Å². The van der Waals surface area contributed by atoms with Gasteiger partial charge < -0.3 is 5.32 Å². The molecule has 3 heteroatoms. The zero-order valence-corrected chi connectivity index (χ0v) is 8.18. The first-order valence-corrected chi connectivity index (χ1v) is 5.63. The molecule has 2 bridgehead atoms. The van der Waals surface area contributed by atoms with Crippen LogP contribution in [0, 0.1) is 0 Å². The van der Waals surface area contributed by atoms with Crippen molar-refractivity contribution >= 4 is 17.1 Å². The zero-order chi connectivity index (χ0) is 8.67. The van der Waals surface area contributed by atoms with Gasteiger partial charge in [0.25, 0.3) is 0 Å². The molecule has 2 atom stereocenters. The van der Waals surface area contributed by atoms with Crippen LogP contribution in [0.5, 0.6) is 0 Å². The van der Waals surface area contributed by atoms with Gasteiger partial charge in [-0.1, -0.05) is 6.08 Å². The Morgan fingerprint density at radius 1 is 1.46 bits per heavy atom. The molecule has 1 saturated heterocycles. The predicted molar refractivity (Wildman–Crippen MR) is 54.7 cm³/mol. The SMILES string of the molecule is C1=C(c2ccsn2)CC2CCC1N2. The van der Waals surface area contributed by atoms with Crippen LogP contribution in [-0.2, 0) is 0 Å². The Kier molecular flexibility index (Phi) is 1.73. The molecule has 0 amide bonds. The first-order chi connectivity index (χ1) is 6.42. The van der Waals surface area contributed by atoms with E-state index in [9.17, 15) is 0 Å². The average Bonchev–Trinajstić information content (AvgIpc) is 2.75. The van der Waals surface area contributed by atoms with Crippen molar-refractivity contribution in [1.82, 2.24) is 9.69 Å². The fourth-order valence-corrected chi connectivity index (χ4v) is 2.83. The van der Waals surface area contributed by atoms with Crippen LogP contribution in [0.1, 0.15) is 25.0 Å². The molecule has 0 aromatic carbocycles. The minimum absolute atomic E-state index is 0.621. The first kappa shape index (κ1) is 7.71. The third kappa shape index (κ3) is 1.32. The second-order valence-electron chi connectivity index (χ2n) is 3.83. The van der Waals surface area contributed by atoms with E-state index in [0.29, 0.717) is 12.1 Å². The van der Waals surface area contributed by atoms with E-state index in [1.807, 2.05) is 0 Å². The van der Waals surface area contributed by atoms with Crippen molar-refractivity contribution in [3.63, 3.8) is 0 Å². The maximum Gasteiger partial charge on any atom is 0.0798 e. The molecule has 13 heavy (non-hydrogen) atoms. The number of nitrogens with zero attached hydrogens (tertiary/aromatic N) is 1. The van der Waals surface area contributed by atoms with Gasteiger partial charge in [-0.25, -0.2) is 0 Å². The van der Waals surface area contributed by atoms with Crippen LogP contribution in [0.25, 0.3) is 5.57 Å². The molecule has 0 aliphatic carbocycles. The molecule has 3 rings (SSSR count). The Morgan fingerprint density at radius 3 is 3.23 bits per heavy atom. The quantitative estimate of drug-likeness (QED) is 0.736. The monoisotopic (exact) mass is 192 g/mol. The van der Waals surface area contributed by atoms with Gasteiger partial charge in [-0.15, -0.1) is 0 Å². The van der Waals surface area contributed by atoms with Crippen molar-refractivity contribution in [3.8, 4) is 0 Å². The van der Waals surface area contributed by atoms with Crippen molar-refractivity contribution in [2.45, 2.75) is 31.3 Å². The topological polar surface area (TPSA) is 24.9 Å². The second-order valence-corrected chi connectivity index (χ2v) is 4.49. The summed E-state index contributed by atoms with van der Waals surface area (Å²) in [6.45, 7) is 0. The van der Waals surface area contributed by atoms with Gasteiger partial charge in [0, 0.05) is 17.5 Å². The van der Waals surface area contributed by atoms with Gasteiger partial charge in [0.2, 0.25) is 0 Å². The molecule has 68 valence electrons. The van der Waals surface area contributed by atoms with E-state index < -0.39 is 0 Å². The van der Waals surface area contributed by atoms with Crippen molar-refractivity contribution in [2.24, 2.45) is 0 Å². The van der Waals surface area contributed by atoms with Gasteiger partial charge in [-0.2, -0.15) is 4.37 Å². The molecule has 0 radical (unpaired) electrons. The summed E-state index contributed by atoms with van der Waals surface area (Å²) in [5.74, 6) is 0. The lowest BCUT2D eigenvalue weighted by molar-refractivity contribution is 0.574. The highest BCUT2D eigenvalue weighted by molar-refractivity contribution is 7.03. The van der Waals surface area contributed by atoms with E-state index in [1.165, 1.54) is 30.5 Å². The molecule has 2 unspecified atom stereocenters. The Morgan fingerprint density at radius 2 is 2.46 bits per heavy atom.